The summed E-state index contributed by atoms with van der Waals surface area (Å²) >= 11 is 0. The molecule has 0 spiro atoms. The first-order valence-electron chi connectivity index (χ1n) is 8.88. The Labute approximate surface area is 156 Å². The van der Waals surface area contributed by atoms with Crippen molar-refractivity contribution in [2.24, 2.45) is 0 Å². The van der Waals surface area contributed by atoms with Gasteiger partial charge in [0.2, 0.25) is 5.91 Å². The molecule has 0 unspecified atom stereocenters. The van der Waals surface area contributed by atoms with E-state index in [4.69, 9.17) is 4.74 Å². The van der Waals surface area contributed by atoms with Crippen molar-refractivity contribution in [2.75, 3.05) is 34.8 Å². The molecule has 2 fully saturated rings. The average Bonchev–Trinajstić information content (AvgIpc) is 3.31. The molecule has 7 nitrogen and oxygen atoms in total. The number of benzene rings is 2. The number of cyclic esters (lactones) is 1. The van der Waals surface area contributed by atoms with Crippen LogP contribution in [0.4, 0.5) is 21.9 Å². The van der Waals surface area contributed by atoms with E-state index in [1.807, 2.05) is 0 Å². The highest BCUT2D eigenvalue weighted by Gasteiger charge is 2.23. The highest BCUT2D eigenvalue weighted by molar-refractivity contribution is 6.05. The number of ether oxygens (including phenoxy) is 1. The van der Waals surface area contributed by atoms with Crippen LogP contribution in [0.2, 0.25) is 0 Å². The molecule has 2 heterocycles. The van der Waals surface area contributed by atoms with E-state index in [0.29, 0.717) is 30.8 Å². The van der Waals surface area contributed by atoms with Crippen molar-refractivity contribution in [3.63, 3.8) is 0 Å². The summed E-state index contributed by atoms with van der Waals surface area (Å²) in [7, 11) is 0. The van der Waals surface area contributed by atoms with E-state index in [9.17, 15) is 14.4 Å². The van der Waals surface area contributed by atoms with E-state index < -0.39 is 0 Å². The summed E-state index contributed by atoms with van der Waals surface area (Å²) in [6.07, 6.45) is 1.09. The number of hydrogen-bond donors (Lipinski definition) is 1. The van der Waals surface area contributed by atoms with E-state index in [2.05, 4.69) is 5.32 Å². The minimum atomic E-state index is -0.358. The van der Waals surface area contributed by atoms with Crippen LogP contribution in [0, 0.1) is 0 Å². The Morgan fingerprint density at radius 2 is 1.56 bits per heavy atom. The monoisotopic (exact) mass is 365 g/mol. The molecule has 0 radical (unpaired) electrons. The zero-order valence-corrected chi connectivity index (χ0v) is 14.7. The van der Waals surface area contributed by atoms with Crippen LogP contribution >= 0.6 is 0 Å². The summed E-state index contributed by atoms with van der Waals surface area (Å²) in [6, 6.07) is 14.0. The van der Waals surface area contributed by atoms with Crippen molar-refractivity contribution in [3.8, 4) is 0 Å². The number of amides is 3. The molecule has 4 rings (SSSR count). The van der Waals surface area contributed by atoms with E-state index in [1.165, 1.54) is 0 Å². The summed E-state index contributed by atoms with van der Waals surface area (Å²) in [4.78, 5) is 39.1. The normalized spacial score (nSPS) is 16.6. The summed E-state index contributed by atoms with van der Waals surface area (Å²) in [5.74, 6) is -0.114. The third-order valence-corrected chi connectivity index (χ3v) is 4.71. The van der Waals surface area contributed by atoms with Gasteiger partial charge in [0.1, 0.15) is 6.61 Å². The second-order valence-electron chi connectivity index (χ2n) is 6.46. The fourth-order valence-electron chi connectivity index (χ4n) is 3.27. The SMILES string of the molecule is O=C(Nc1ccc(N2CCOC2=O)cc1)c1ccc(N2CCCC2=O)cc1. The number of carbonyl (C=O) groups is 3. The van der Waals surface area contributed by atoms with Crippen LogP contribution in [0.15, 0.2) is 48.5 Å². The highest BCUT2D eigenvalue weighted by atomic mass is 16.6. The number of nitrogens with zero attached hydrogens (tertiary/aromatic N) is 2. The minimum absolute atomic E-state index is 0.120. The number of nitrogens with one attached hydrogen (secondary N) is 1. The summed E-state index contributed by atoms with van der Waals surface area (Å²) in [6.45, 7) is 1.63. The molecule has 1 N–H and O–H groups in total. The quantitative estimate of drug-likeness (QED) is 0.903. The lowest BCUT2D eigenvalue weighted by Crippen LogP contribution is -2.23. The largest absolute Gasteiger partial charge is 0.447 e. The van der Waals surface area contributed by atoms with Crippen LogP contribution in [0.25, 0.3) is 0 Å². The molecular weight excluding hydrogens is 346 g/mol. The number of carbonyl (C=O) groups excluding carboxylic acids is 3. The number of hydrogen-bond acceptors (Lipinski definition) is 4. The molecule has 0 bridgehead atoms. The van der Waals surface area contributed by atoms with Crippen LogP contribution in [0.3, 0.4) is 0 Å². The predicted molar refractivity (Wildman–Crippen MR) is 101 cm³/mol. The van der Waals surface area contributed by atoms with Gasteiger partial charge in [0.25, 0.3) is 5.91 Å². The molecule has 27 heavy (non-hydrogen) atoms. The Kier molecular flexibility index (Phi) is 4.50. The predicted octanol–water partition coefficient (Wildman–Crippen LogP) is 3.02. The van der Waals surface area contributed by atoms with Gasteiger partial charge in [-0.2, -0.15) is 0 Å². The summed E-state index contributed by atoms with van der Waals surface area (Å²) < 4.78 is 4.92. The molecule has 2 saturated heterocycles. The Bertz CT molecular complexity index is 877. The van der Waals surface area contributed by atoms with Gasteiger partial charge >= 0.3 is 6.09 Å². The first-order valence-corrected chi connectivity index (χ1v) is 8.88. The van der Waals surface area contributed by atoms with Crippen molar-refractivity contribution < 1.29 is 19.1 Å². The van der Waals surface area contributed by atoms with Crippen molar-refractivity contribution in [1.82, 2.24) is 0 Å². The van der Waals surface area contributed by atoms with Crippen molar-refractivity contribution in [3.05, 3.63) is 54.1 Å². The molecule has 2 aromatic carbocycles. The standard InChI is InChI=1S/C20H19N3O4/c24-18-2-1-11-22(18)16-7-3-14(4-8-16)19(25)21-15-5-9-17(10-6-15)23-12-13-27-20(23)26/h3-10H,1-2,11-13H2,(H,21,25). The lowest BCUT2D eigenvalue weighted by atomic mass is 10.1. The van der Waals surface area contributed by atoms with Crippen LogP contribution < -0.4 is 15.1 Å². The Hall–Kier alpha value is -3.35. The van der Waals surface area contributed by atoms with Gasteiger partial charge in [0.05, 0.1) is 6.54 Å². The Balaban J connectivity index is 1.41. The Morgan fingerprint density at radius 1 is 0.889 bits per heavy atom. The van der Waals surface area contributed by atoms with Crippen molar-refractivity contribution in [2.45, 2.75) is 12.8 Å². The van der Waals surface area contributed by atoms with Gasteiger partial charge in [-0.3, -0.25) is 14.5 Å². The second-order valence-corrected chi connectivity index (χ2v) is 6.46. The zero-order valence-electron chi connectivity index (χ0n) is 14.7. The van der Waals surface area contributed by atoms with Crippen LogP contribution in [0.5, 0.6) is 0 Å². The molecular formula is C20H19N3O4. The van der Waals surface area contributed by atoms with Crippen LogP contribution in [-0.2, 0) is 9.53 Å². The third kappa shape index (κ3) is 3.48. The molecule has 2 aliphatic rings. The molecule has 7 heteroatoms. The molecule has 2 aliphatic heterocycles. The van der Waals surface area contributed by atoms with E-state index >= 15 is 0 Å². The van der Waals surface area contributed by atoms with Gasteiger partial charge in [-0.05, 0) is 55.0 Å². The summed E-state index contributed by atoms with van der Waals surface area (Å²) in [5, 5.41) is 2.83. The van der Waals surface area contributed by atoms with E-state index in [0.717, 1.165) is 24.3 Å². The first-order chi connectivity index (χ1) is 13.1. The van der Waals surface area contributed by atoms with Crippen LogP contribution in [0.1, 0.15) is 23.2 Å². The number of rotatable bonds is 4. The van der Waals surface area contributed by atoms with E-state index in [1.54, 1.807) is 58.3 Å². The van der Waals surface area contributed by atoms with Crippen molar-refractivity contribution in [1.29, 1.82) is 0 Å². The maximum Gasteiger partial charge on any atom is 0.414 e. The maximum atomic E-state index is 12.4. The summed E-state index contributed by atoms with van der Waals surface area (Å²) in [5.41, 5.74) is 2.69. The smallest absolute Gasteiger partial charge is 0.414 e. The topological polar surface area (TPSA) is 79.0 Å². The van der Waals surface area contributed by atoms with E-state index in [-0.39, 0.29) is 17.9 Å². The Morgan fingerprint density at radius 3 is 2.15 bits per heavy atom. The maximum absolute atomic E-state index is 12.4. The van der Waals surface area contributed by atoms with Crippen molar-refractivity contribution >= 4 is 35.0 Å². The van der Waals surface area contributed by atoms with Crippen LogP contribution in [-0.4, -0.2) is 37.6 Å². The molecule has 0 atom stereocenters. The van der Waals surface area contributed by atoms with Gasteiger partial charge in [-0.25, -0.2) is 4.79 Å². The fraction of sp³-hybridized carbons (Fsp3) is 0.250. The molecule has 0 aliphatic carbocycles. The number of anilines is 3. The van der Waals surface area contributed by atoms with Gasteiger partial charge in [0.15, 0.2) is 0 Å². The lowest BCUT2D eigenvalue weighted by Gasteiger charge is -2.16. The van der Waals surface area contributed by atoms with Gasteiger partial charge in [-0.15, -0.1) is 0 Å². The third-order valence-electron chi connectivity index (χ3n) is 4.71. The van der Waals surface area contributed by atoms with Gasteiger partial charge < -0.3 is 15.0 Å². The second kappa shape index (κ2) is 7.11. The molecule has 2 aromatic rings. The van der Waals surface area contributed by atoms with Gasteiger partial charge in [-0.1, -0.05) is 0 Å². The molecule has 0 saturated carbocycles. The molecule has 0 aromatic heterocycles. The molecule has 138 valence electrons. The average molecular weight is 365 g/mol. The first kappa shape index (κ1) is 17.1. The highest BCUT2D eigenvalue weighted by Crippen LogP contribution is 2.23. The fourth-order valence-corrected chi connectivity index (χ4v) is 3.27. The lowest BCUT2D eigenvalue weighted by molar-refractivity contribution is -0.117. The zero-order chi connectivity index (χ0) is 18.8. The van der Waals surface area contributed by atoms with Gasteiger partial charge in [0, 0.05) is 35.6 Å². The molecule has 3 amide bonds. The minimum Gasteiger partial charge on any atom is -0.447 e.